The summed E-state index contributed by atoms with van der Waals surface area (Å²) in [7, 11) is 0. The number of aliphatic hydroxyl groups is 1. The molecule has 2 N–H and O–H groups in total. The number of nitrogens with zero attached hydrogens (tertiary/aromatic N) is 1. The van der Waals surface area contributed by atoms with Crippen molar-refractivity contribution in [1.29, 1.82) is 0 Å². The molecule has 2 fully saturated rings. The molecular formula is C26H32N2O4. The van der Waals surface area contributed by atoms with Gasteiger partial charge in [-0.3, -0.25) is 9.59 Å². The Morgan fingerprint density at radius 3 is 2.31 bits per heavy atom. The van der Waals surface area contributed by atoms with Gasteiger partial charge in [0.25, 0.3) is 5.91 Å². The van der Waals surface area contributed by atoms with E-state index in [1.54, 1.807) is 24.3 Å². The summed E-state index contributed by atoms with van der Waals surface area (Å²) in [6.45, 7) is 4.96. The third kappa shape index (κ3) is 5.13. The number of rotatable bonds is 6. The van der Waals surface area contributed by atoms with Crippen molar-refractivity contribution in [3.05, 3.63) is 59.7 Å². The van der Waals surface area contributed by atoms with Crippen LogP contribution in [-0.2, 0) is 11.2 Å². The minimum Gasteiger partial charge on any atom is -0.488 e. The largest absolute Gasteiger partial charge is 0.488 e. The SMILES string of the molecule is CCCc1ccc(O[C@@H]2C[C@@H]3CN(C(=O)c4ccc(NC(C)=O)cc4)C[C@@H]3C[C@H]2O)cc1. The first-order chi connectivity index (χ1) is 15.4. The molecule has 4 rings (SSSR count). The molecule has 170 valence electrons. The second-order valence-corrected chi connectivity index (χ2v) is 9.08. The molecule has 2 aromatic carbocycles. The van der Waals surface area contributed by atoms with Gasteiger partial charge in [0.05, 0.1) is 6.10 Å². The van der Waals surface area contributed by atoms with Crippen LogP contribution in [0.4, 0.5) is 5.69 Å². The van der Waals surface area contributed by atoms with Gasteiger partial charge in [0.1, 0.15) is 11.9 Å². The Kier molecular flexibility index (Phi) is 6.80. The molecule has 1 aliphatic carbocycles. The summed E-state index contributed by atoms with van der Waals surface area (Å²) in [5, 5.41) is 13.4. The Morgan fingerprint density at radius 2 is 1.69 bits per heavy atom. The number of aliphatic hydroxyl groups excluding tert-OH is 1. The summed E-state index contributed by atoms with van der Waals surface area (Å²) in [4.78, 5) is 26.1. The van der Waals surface area contributed by atoms with Crippen molar-refractivity contribution in [2.75, 3.05) is 18.4 Å². The fraction of sp³-hybridized carbons (Fsp3) is 0.462. The van der Waals surface area contributed by atoms with E-state index in [4.69, 9.17) is 4.74 Å². The number of anilines is 1. The first-order valence-corrected chi connectivity index (χ1v) is 11.5. The van der Waals surface area contributed by atoms with Gasteiger partial charge in [-0.25, -0.2) is 0 Å². The standard InChI is InChI=1S/C26H32N2O4/c1-3-4-18-5-11-23(12-6-18)32-25-14-21-16-28(15-20(21)13-24(25)30)26(31)19-7-9-22(10-8-19)27-17(2)29/h5-12,20-21,24-25,30H,3-4,13-16H2,1-2H3,(H,27,29)/t20-,21+,24+,25+/m0/s1. The monoisotopic (exact) mass is 436 g/mol. The number of fused-ring (bicyclic) bond motifs is 1. The van der Waals surface area contributed by atoms with E-state index < -0.39 is 6.10 Å². The van der Waals surface area contributed by atoms with E-state index in [1.165, 1.54) is 12.5 Å². The van der Waals surface area contributed by atoms with Gasteiger partial charge < -0.3 is 20.1 Å². The Bertz CT molecular complexity index is 941. The van der Waals surface area contributed by atoms with Crippen molar-refractivity contribution >= 4 is 17.5 Å². The predicted molar refractivity (Wildman–Crippen MR) is 124 cm³/mol. The molecule has 0 radical (unpaired) electrons. The molecule has 6 heteroatoms. The number of nitrogens with one attached hydrogen (secondary N) is 1. The molecular weight excluding hydrogens is 404 g/mol. The number of aryl methyl sites for hydroxylation is 1. The van der Waals surface area contributed by atoms with Crippen LogP contribution in [0, 0.1) is 11.8 Å². The van der Waals surface area contributed by atoms with Gasteiger partial charge in [-0.2, -0.15) is 0 Å². The van der Waals surface area contributed by atoms with Gasteiger partial charge in [0, 0.05) is 31.3 Å². The molecule has 4 atom stereocenters. The van der Waals surface area contributed by atoms with Crippen LogP contribution in [-0.4, -0.2) is 47.1 Å². The Balaban J connectivity index is 1.36. The molecule has 1 saturated carbocycles. The summed E-state index contributed by atoms with van der Waals surface area (Å²) in [6.07, 6.45) is 2.77. The summed E-state index contributed by atoms with van der Waals surface area (Å²) in [5.74, 6) is 1.26. The topological polar surface area (TPSA) is 78.9 Å². The summed E-state index contributed by atoms with van der Waals surface area (Å²) in [5.41, 5.74) is 2.58. The van der Waals surface area contributed by atoms with E-state index >= 15 is 0 Å². The molecule has 6 nitrogen and oxygen atoms in total. The molecule has 1 saturated heterocycles. The van der Waals surface area contributed by atoms with Gasteiger partial charge in [0.2, 0.25) is 5.91 Å². The summed E-state index contributed by atoms with van der Waals surface area (Å²) in [6, 6.07) is 15.1. The number of carbonyl (C=O) groups is 2. The Labute approximate surface area is 189 Å². The van der Waals surface area contributed by atoms with E-state index in [9.17, 15) is 14.7 Å². The van der Waals surface area contributed by atoms with Crippen molar-refractivity contribution in [1.82, 2.24) is 4.90 Å². The van der Waals surface area contributed by atoms with Gasteiger partial charge in [0.15, 0.2) is 0 Å². The highest BCUT2D eigenvalue weighted by Crippen LogP contribution is 2.38. The van der Waals surface area contributed by atoms with E-state index in [2.05, 4.69) is 24.4 Å². The van der Waals surface area contributed by atoms with Crippen LogP contribution in [0.5, 0.6) is 5.75 Å². The van der Waals surface area contributed by atoms with E-state index in [1.807, 2.05) is 17.0 Å². The molecule has 32 heavy (non-hydrogen) atoms. The lowest BCUT2D eigenvalue weighted by Gasteiger charge is -2.35. The highest BCUT2D eigenvalue weighted by Gasteiger charge is 2.44. The van der Waals surface area contributed by atoms with E-state index in [0.717, 1.165) is 25.0 Å². The molecule has 1 aliphatic heterocycles. The van der Waals surface area contributed by atoms with Crippen molar-refractivity contribution in [2.45, 2.75) is 51.7 Å². The molecule has 0 unspecified atom stereocenters. The van der Waals surface area contributed by atoms with Crippen LogP contribution in [0.3, 0.4) is 0 Å². The Morgan fingerprint density at radius 1 is 1.03 bits per heavy atom. The highest BCUT2D eigenvalue weighted by atomic mass is 16.5. The lowest BCUT2D eigenvalue weighted by molar-refractivity contribution is -0.114. The van der Waals surface area contributed by atoms with Crippen LogP contribution in [0.15, 0.2) is 48.5 Å². The fourth-order valence-electron chi connectivity index (χ4n) is 4.96. The molecule has 1 heterocycles. The third-order valence-electron chi connectivity index (χ3n) is 6.57. The number of benzene rings is 2. The molecule has 0 bridgehead atoms. The zero-order valence-electron chi connectivity index (χ0n) is 18.8. The minimum absolute atomic E-state index is 0.00718. The maximum Gasteiger partial charge on any atom is 0.253 e. The highest BCUT2D eigenvalue weighted by molar-refractivity contribution is 5.95. The van der Waals surface area contributed by atoms with Crippen LogP contribution < -0.4 is 10.1 Å². The predicted octanol–water partition coefficient (Wildman–Crippen LogP) is 3.89. The average Bonchev–Trinajstić information content (AvgIpc) is 3.18. The maximum absolute atomic E-state index is 13.0. The number of amides is 2. The molecule has 0 aromatic heterocycles. The molecule has 2 aliphatic rings. The van der Waals surface area contributed by atoms with Gasteiger partial charge >= 0.3 is 0 Å². The zero-order valence-corrected chi connectivity index (χ0v) is 18.8. The third-order valence-corrected chi connectivity index (χ3v) is 6.57. The maximum atomic E-state index is 13.0. The molecule has 0 spiro atoms. The average molecular weight is 437 g/mol. The van der Waals surface area contributed by atoms with Gasteiger partial charge in [-0.15, -0.1) is 0 Å². The first-order valence-electron chi connectivity index (χ1n) is 11.5. The molecule has 2 amide bonds. The number of hydrogen-bond acceptors (Lipinski definition) is 4. The number of likely N-dealkylation sites (tertiary alicyclic amines) is 1. The Hall–Kier alpha value is -2.86. The summed E-state index contributed by atoms with van der Waals surface area (Å²) >= 11 is 0. The van der Waals surface area contributed by atoms with Crippen molar-refractivity contribution < 1.29 is 19.4 Å². The lowest BCUT2D eigenvalue weighted by Crippen LogP contribution is -2.42. The van der Waals surface area contributed by atoms with Crippen molar-refractivity contribution in [3.63, 3.8) is 0 Å². The zero-order chi connectivity index (χ0) is 22.7. The molecule has 2 aromatic rings. The number of carbonyl (C=O) groups excluding carboxylic acids is 2. The number of ether oxygens (including phenoxy) is 1. The van der Waals surface area contributed by atoms with Crippen LogP contribution in [0.25, 0.3) is 0 Å². The quantitative estimate of drug-likeness (QED) is 0.720. The van der Waals surface area contributed by atoms with Gasteiger partial charge in [-0.1, -0.05) is 25.5 Å². The normalized spacial score (nSPS) is 24.7. The van der Waals surface area contributed by atoms with Crippen LogP contribution in [0.1, 0.15) is 49.0 Å². The van der Waals surface area contributed by atoms with Gasteiger partial charge in [-0.05, 0) is 73.1 Å². The second kappa shape index (κ2) is 9.74. The second-order valence-electron chi connectivity index (χ2n) is 9.08. The van der Waals surface area contributed by atoms with E-state index in [0.29, 0.717) is 42.6 Å². The van der Waals surface area contributed by atoms with Crippen LogP contribution in [0.2, 0.25) is 0 Å². The van der Waals surface area contributed by atoms with Crippen LogP contribution >= 0.6 is 0 Å². The first kappa shape index (κ1) is 22.3. The minimum atomic E-state index is -0.529. The fourth-order valence-corrected chi connectivity index (χ4v) is 4.96. The lowest BCUT2D eigenvalue weighted by atomic mass is 9.78. The van der Waals surface area contributed by atoms with E-state index in [-0.39, 0.29) is 17.9 Å². The van der Waals surface area contributed by atoms with Crippen molar-refractivity contribution in [2.24, 2.45) is 11.8 Å². The number of hydrogen-bond donors (Lipinski definition) is 2. The smallest absolute Gasteiger partial charge is 0.253 e. The van der Waals surface area contributed by atoms with Crippen molar-refractivity contribution in [3.8, 4) is 5.75 Å². The summed E-state index contributed by atoms with van der Waals surface area (Å²) < 4.78 is 6.15.